The average Bonchev–Trinajstić information content (AvgIpc) is 2.79. The zero-order valence-corrected chi connectivity index (χ0v) is 17.5. The fourth-order valence-electron chi connectivity index (χ4n) is 4.25. The highest BCUT2D eigenvalue weighted by Gasteiger charge is 2.33. The van der Waals surface area contributed by atoms with Crippen molar-refractivity contribution in [1.29, 1.82) is 0 Å². The van der Waals surface area contributed by atoms with Crippen molar-refractivity contribution in [2.75, 3.05) is 44.2 Å². The number of hydrogen-bond acceptors (Lipinski definition) is 3. The summed E-state index contributed by atoms with van der Waals surface area (Å²) in [4.78, 5) is 31.7. The van der Waals surface area contributed by atoms with E-state index in [4.69, 9.17) is 11.6 Å². The second-order valence-corrected chi connectivity index (χ2v) is 8.33. The summed E-state index contributed by atoms with van der Waals surface area (Å²) < 4.78 is 13.1. The number of piperazine rings is 1. The summed E-state index contributed by atoms with van der Waals surface area (Å²) in [7, 11) is 0. The van der Waals surface area contributed by atoms with E-state index in [9.17, 15) is 14.0 Å². The van der Waals surface area contributed by atoms with Crippen LogP contribution in [-0.2, 0) is 4.79 Å². The normalized spacial score (nSPS) is 19.7. The molecular weight excluding hydrogens is 405 g/mol. The maximum absolute atomic E-state index is 13.1. The Hall–Kier alpha value is -2.60. The lowest BCUT2D eigenvalue weighted by atomic mass is 9.95. The summed E-state index contributed by atoms with van der Waals surface area (Å²) >= 11 is 6.09. The molecule has 2 aromatic rings. The smallest absolute Gasteiger partial charge is 0.253 e. The standard InChI is InChI=1S/C23H25ClFN3O2/c24-19-4-1-5-21(15-19)26-11-13-27(14-12-26)23(30)18-3-2-10-28(16-18)22(29)17-6-8-20(25)9-7-17/h1,4-9,15,18H,2-3,10-14,16H2/t18-/m0/s1. The molecule has 5 nitrogen and oxygen atoms in total. The number of nitrogens with zero attached hydrogens (tertiary/aromatic N) is 3. The van der Waals surface area contributed by atoms with Crippen LogP contribution in [0.1, 0.15) is 23.2 Å². The number of hydrogen-bond donors (Lipinski definition) is 0. The lowest BCUT2D eigenvalue weighted by Gasteiger charge is -2.39. The first kappa shape index (κ1) is 20.7. The molecule has 4 rings (SSSR count). The molecule has 30 heavy (non-hydrogen) atoms. The van der Waals surface area contributed by atoms with E-state index in [-0.39, 0.29) is 23.5 Å². The molecule has 2 fully saturated rings. The van der Waals surface area contributed by atoms with E-state index < -0.39 is 0 Å². The Balaban J connectivity index is 1.34. The number of benzene rings is 2. The fourth-order valence-corrected chi connectivity index (χ4v) is 4.44. The van der Waals surface area contributed by atoms with Crippen LogP contribution >= 0.6 is 11.6 Å². The van der Waals surface area contributed by atoms with Gasteiger partial charge in [-0.1, -0.05) is 17.7 Å². The molecule has 7 heteroatoms. The minimum absolute atomic E-state index is 0.123. The van der Waals surface area contributed by atoms with Crippen LogP contribution in [0.4, 0.5) is 10.1 Å². The molecule has 0 bridgehead atoms. The topological polar surface area (TPSA) is 43.9 Å². The molecule has 2 aliphatic rings. The van der Waals surface area contributed by atoms with Gasteiger partial charge in [0.25, 0.3) is 5.91 Å². The van der Waals surface area contributed by atoms with Crippen molar-refractivity contribution < 1.29 is 14.0 Å². The molecule has 2 saturated heterocycles. The van der Waals surface area contributed by atoms with Crippen molar-refractivity contribution in [2.45, 2.75) is 12.8 Å². The maximum atomic E-state index is 13.1. The van der Waals surface area contributed by atoms with E-state index in [1.54, 1.807) is 4.90 Å². The van der Waals surface area contributed by atoms with Gasteiger partial charge in [0.2, 0.25) is 5.91 Å². The monoisotopic (exact) mass is 429 g/mol. The quantitative estimate of drug-likeness (QED) is 0.747. The number of anilines is 1. The predicted octanol–water partition coefficient (Wildman–Crippen LogP) is 3.68. The largest absolute Gasteiger partial charge is 0.368 e. The molecule has 2 heterocycles. The molecule has 0 radical (unpaired) electrons. The Morgan fingerprint density at radius 1 is 0.933 bits per heavy atom. The van der Waals surface area contributed by atoms with Gasteiger partial charge in [0.05, 0.1) is 5.92 Å². The van der Waals surface area contributed by atoms with E-state index in [0.717, 1.165) is 31.6 Å². The van der Waals surface area contributed by atoms with Crippen molar-refractivity contribution in [1.82, 2.24) is 9.80 Å². The Labute approximate surface area is 181 Å². The van der Waals surface area contributed by atoms with Crippen LogP contribution in [-0.4, -0.2) is 60.9 Å². The molecule has 2 aromatic carbocycles. The first-order chi connectivity index (χ1) is 14.5. The first-order valence-electron chi connectivity index (χ1n) is 10.4. The van der Waals surface area contributed by atoms with Crippen LogP contribution in [0.3, 0.4) is 0 Å². The Morgan fingerprint density at radius 3 is 2.37 bits per heavy atom. The molecule has 158 valence electrons. The van der Waals surface area contributed by atoms with Crippen molar-refractivity contribution >= 4 is 29.1 Å². The highest BCUT2D eigenvalue weighted by atomic mass is 35.5. The minimum atomic E-state index is -0.366. The SMILES string of the molecule is O=C(c1ccc(F)cc1)N1CCC[C@H](C(=O)N2CCN(c3cccc(Cl)c3)CC2)C1. The molecule has 0 aliphatic carbocycles. The van der Waals surface area contributed by atoms with Gasteiger partial charge in [0.15, 0.2) is 0 Å². The average molecular weight is 430 g/mol. The number of amides is 2. The van der Waals surface area contributed by atoms with Crippen molar-refractivity contribution in [3.63, 3.8) is 0 Å². The second kappa shape index (κ2) is 9.04. The zero-order chi connectivity index (χ0) is 21.1. The van der Waals surface area contributed by atoms with E-state index in [0.29, 0.717) is 36.8 Å². The van der Waals surface area contributed by atoms with Crippen molar-refractivity contribution in [2.24, 2.45) is 5.92 Å². The molecule has 0 aromatic heterocycles. The third-order valence-corrected chi connectivity index (χ3v) is 6.15. The number of carbonyl (C=O) groups excluding carboxylic acids is 2. The zero-order valence-electron chi connectivity index (χ0n) is 16.8. The number of piperidine rings is 1. The number of carbonyl (C=O) groups is 2. The van der Waals surface area contributed by atoms with Gasteiger partial charge in [-0.3, -0.25) is 9.59 Å². The molecule has 0 N–H and O–H groups in total. The van der Waals surface area contributed by atoms with Crippen molar-refractivity contribution in [3.05, 3.63) is 64.9 Å². The number of halogens is 2. The van der Waals surface area contributed by atoms with Gasteiger partial charge in [0, 0.05) is 55.5 Å². The predicted molar refractivity (Wildman–Crippen MR) is 115 cm³/mol. The summed E-state index contributed by atoms with van der Waals surface area (Å²) in [6.45, 7) is 3.89. The highest BCUT2D eigenvalue weighted by Crippen LogP contribution is 2.24. The van der Waals surface area contributed by atoms with Crippen molar-refractivity contribution in [3.8, 4) is 0 Å². The fraction of sp³-hybridized carbons (Fsp3) is 0.391. The molecule has 0 saturated carbocycles. The maximum Gasteiger partial charge on any atom is 0.253 e. The van der Waals surface area contributed by atoms with Crippen LogP contribution < -0.4 is 4.90 Å². The summed E-state index contributed by atoms with van der Waals surface area (Å²) in [6, 6.07) is 13.3. The van der Waals surface area contributed by atoms with Gasteiger partial charge in [-0.2, -0.15) is 0 Å². The third kappa shape index (κ3) is 4.59. The summed E-state index contributed by atoms with van der Waals surface area (Å²) in [6.07, 6.45) is 1.59. The van der Waals surface area contributed by atoms with Gasteiger partial charge in [0.1, 0.15) is 5.82 Å². The van der Waals surface area contributed by atoms with E-state index in [1.165, 1.54) is 24.3 Å². The summed E-state index contributed by atoms with van der Waals surface area (Å²) in [5, 5.41) is 0.708. The van der Waals surface area contributed by atoms with Gasteiger partial charge in [-0.05, 0) is 55.3 Å². The lowest BCUT2D eigenvalue weighted by molar-refractivity contribution is -0.137. The molecule has 0 spiro atoms. The minimum Gasteiger partial charge on any atom is -0.368 e. The summed E-state index contributed by atoms with van der Waals surface area (Å²) in [5.74, 6) is -0.563. The Morgan fingerprint density at radius 2 is 1.67 bits per heavy atom. The van der Waals surface area contributed by atoms with E-state index in [2.05, 4.69) is 4.90 Å². The van der Waals surface area contributed by atoms with Gasteiger partial charge in [-0.15, -0.1) is 0 Å². The number of rotatable bonds is 3. The first-order valence-corrected chi connectivity index (χ1v) is 10.7. The molecule has 0 unspecified atom stereocenters. The van der Waals surface area contributed by atoms with Crippen LogP contribution in [0.5, 0.6) is 0 Å². The van der Waals surface area contributed by atoms with Crippen LogP contribution in [0.2, 0.25) is 5.02 Å². The molecule has 1 atom stereocenters. The second-order valence-electron chi connectivity index (χ2n) is 7.89. The number of likely N-dealkylation sites (tertiary alicyclic amines) is 1. The third-order valence-electron chi connectivity index (χ3n) is 5.91. The van der Waals surface area contributed by atoms with Crippen LogP contribution in [0, 0.1) is 11.7 Å². The van der Waals surface area contributed by atoms with E-state index >= 15 is 0 Å². The van der Waals surface area contributed by atoms with Gasteiger partial charge >= 0.3 is 0 Å². The van der Waals surface area contributed by atoms with Gasteiger partial charge < -0.3 is 14.7 Å². The van der Waals surface area contributed by atoms with Crippen LogP contribution in [0.15, 0.2) is 48.5 Å². The lowest BCUT2D eigenvalue weighted by Crippen LogP contribution is -2.53. The Bertz CT molecular complexity index is 913. The molecule has 2 amide bonds. The van der Waals surface area contributed by atoms with Crippen LogP contribution in [0.25, 0.3) is 0 Å². The van der Waals surface area contributed by atoms with E-state index in [1.807, 2.05) is 29.2 Å². The highest BCUT2D eigenvalue weighted by molar-refractivity contribution is 6.30. The van der Waals surface area contributed by atoms with Gasteiger partial charge in [-0.25, -0.2) is 4.39 Å². The Kier molecular flexibility index (Phi) is 6.23. The summed E-state index contributed by atoms with van der Waals surface area (Å²) in [5.41, 5.74) is 1.53. The molecular formula is C23H25ClFN3O2. The molecule has 2 aliphatic heterocycles.